The molecule has 0 aliphatic rings. The maximum Gasteiger partial charge on any atom is 0.232 e. The maximum atomic E-state index is 4.82. The molecule has 0 saturated heterocycles. The number of unbranched alkanes of at least 4 members (excludes halogenated alkanes) is 3. The highest BCUT2D eigenvalue weighted by Gasteiger charge is 2.14. The van der Waals surface area contributed by atoms with Crippen molar-refractivity contribution in [2.45, 2.75) is 36.2 Å². The number of thiol groups is 3. The van der Waals surface area contributed by atoms with E-state index in [1.54, 1.807) is 0 Å². The van der Waals surface area contributed by atoms with Gasteiger partial charge in [-0.05, 0) is 6.42 Å². The molecule has 2 nitrogen and oxygen atoms in total. The van der Waals surface area contributed by atoms with Gasteiger partial charge in [0, 0.05) is 0 Å². The average Bonchev–Trinajstić information content (AvgIpc) is 1.94. The lowest BCUT2D eigenvalue weighted by molar-refractivity contribution is -0.294. The predicted molar refractivity (Wildman–Crippen MR) is 60.9 cm³/mol. The Balaban J connectivity index is 3.01. The van der Waals surface area contributed by atoms with Gasteiger partial charge in [0.25, 0.3) is 0 Å². The zero-order valence-electron chi connectivity index (χ0n) is 7.19. The smallest absolute Gasteiger partial charge is 0.232 e. The highest BCUT2D eigenvalue weighted by atomic mass is 32.2. The van der Waals surface area contributed by atoms with E-state index in [4.69, 9.17) is 9.78 Å². The van der Waals surface area contributed by atoms with Crippen LogP contribution in [0.3, 0.4) is 0 Å². The molecule has 5 heteroatoms. The molecule has 0 bridgehead atoms. The number of rotatable bonds is 7. The van der Waals surface area contributed by atoms with Crippen molar-refractivity contribution in [2.24, 2.45) is 0 Å². The van der Waals surface area contributed by atoms with Crippen LogP contribution in [0.4, 0.5) is 0 Å². The first kappa shape index (κ1) is 13.0. The van der Waals surface area contributed by atoms with Gasteiger partial charge in [0.2, 0.25) is 3.60 Å². The molecular formula is C7H16O2S3. The summed E-state index contributed by atoms with van der Waals surface area (Å²) in [5.41, 5.74) is 0. The minimum absolute atomic E-state index is 0.573. The number of hydrogen-bond donors (Lipinski definition) is 3. The van der Waals surface area contributed by atoms with Gasteiger partial charge in [-0.3, -0.25) is 0 Å². The van der Waals surface area contributed by atoms with Crippen LogP contribution in [0, 0.1) is 0 Å². The molecule has 0 aliphatic heterocycles. The van der Waals surface area contributed by atoms with E-state index in [9.17, 15) is 0 Å². The monoisotopic (exact) mass is 228 g/mol. The van der Waals surface area contributed by atoms with Crippen LogP contribution in [0.15, 0.2) is 0 Å². The molecule has 0 aliphatic carbocycles. The SMILES string of the molecule is CCCCCCOOC(S)(S)S. The molecule has 0 amide bonds. The Bertz CT molecular complexity index is 103. The largest absolute Gasteiger partial charge is 0.234 e. The van der Waals surface area contributed by atoms with E-state index < -0.39 is 3.60 Å². The van der Waals surface area contributed by atoms with Crippen LogP contribution in [0.2, 0.25) is 0 Å². The summed E-state index contributed by atoms with van der Waals surface area (Å²) in [7, 11) is 0. The molecule has 0 rings (SSSR count). The molecular weight excluding hydrogens is 212 g/mol. The van der Waals surface area contributed by atoms with Gasteiger partial charge in [-0.15, -0.1) is 37.9 Å². The van der Waals surface area contributed by atoms with Crippen LogP contribution in [-0.2, 0) is 9.78 Å². The topological polar surface area (TPSA) is 18.5 Å². The Hall–Kier alpha value is 0.970. The van der Waals surface area contributed by atoms with E-state index in [0.717, 1.165) is 6.42 Å². The molecule has 0 aromatic rings. The van der Waals surface area contributed by atoms with Crippen molar-refractivity contribution >= 4 is 37.9 Å². The molecule has 0 fully saturated rings. The maximum absolute atomic E-state index is 4.82. The van der Waals surface area contributed by atoms with E-state index in [-0.39, 0.29) is 0 Å². The van der Waals surface area contributed by atoms with Gasteiger partial charge in [0.05, 0.1) is 6.61 Å². The molecule has 0 heterocycles. The second-order valence-electron chi connectivity index (χ2n) is 2.54. The fourth-order valence-corrected chi connectivity index (χ4v) is 0.867. The van der Waals surface area contributed by atoms with Crippen LogP contribution in [-0.4, -0.2) is 10.2 Å². The quantitative estimate of drug-likeness (QED) is 0.205. The summed E-state index contributed by atoms with van der Waals surface area (Å²) in [6.45, 7) is 2.74. The Morgan fingerprint density at radius 2 is 1.75 bits per heavy atom. The summed E-state index contributed by atoms with van der Waals surface area (Å²) in [6.07, 6.45) is 4.62. The molecule has 0 aromatic carbocycles. The van der Waals surface area contributed by atoms with E-state index >= 15 is 0 Å². The molecule has 0 unspecified atom stereocenters. The van der Waals surface area contributed by atoms with Crippen LogP contribution in [0.1, 0.15) is 32.6 Å². The van der Waals surface area contributed by atoms with Gasteiger partial charge in [-0.1, -0.05) is 26.2 Å². The lowest BCUT2D eigenvalue weighted by atomic mass is 10.2. The first-order valence-electron chi connectivity index (χ1n) is 4.04. The van der Waals surface area contributed by atoms with Crippen molar-refractivity contribution in [3.63, 3.8) is 0 Å². The first-order chi connectivity index (χ1) is 5.56. The second-order valence-corrected chi connectivity index (χ2v) is 5.49. The molecule has 0 spiro atoms. The van der Waals surface area contributed by atoms with Crippen molar-refractivity contribution in [3.8, 4) is 0 Å². The van der Waals surface area contributed by atoms with Crippen molar-refractivity contribution in [1.29, 1.82) is 0 Å². The van der Waals surface area contributed by atoms with E-state index in [2.05, 4.69) is 44.8 Å². The van der Waals surface area contributed by atoms with E-state index in [1.165, 1.54) is 19.3 Å². The van der Waals surface area contributed by atoms with Crippen molar-refractivity contribution in [2.75, 3.05) is 6.61 Å². The Morgan fingerprint density at radius 1 is 1.08 bits per heavy atom. The van der Waals surface area contributed by atoms with Gasteiger partial charge in [0.15, 0.2) is 0 Å². The third-order valence-corrected chi connectivity index (χ3v) is 1.48. The Labute approximate surface area is 90.6 Å². The van der Waals surface area contributed by atoms with E-state index in [0.29, 0.717) is 6.61 Å². The van der Waals surface area contributed by atoms with Crippen molar-refractivity contribution in [3.05, 3.63) is 0 Å². The highest BCUT2D eigenvalue weighted by molar-refractivity contribution is 8.16. The standard InChI is InChI=1S/C7H16O2S3/c1-2-3-4-5-6-8-9-7(10,11)12/h10-12H,2-6H2,1H3. The highest BCUT2D eigenvalue weighted by Crippen LogP contribution is 2.25. The van der Waals surface area contributed by atoms with Crippen LogP contribution < -0.4 is 0 Å². The zero-order valence-corrected chi connectivity index (χ0v) is 9.88. The third-order valence-electron chi connectivity index (χ3n) is 1.25. The normalized spacial score (nSPS) is 12.0. The molecule has 0 saturated carbocycles. The molecule has 0 atom stereocenters. The fourth-order valence-electron chi connectivity index (χ4n) is 0.708. The van der Waals surface area contributed by atoms with Crippen LogP contribution in [0.5, 0.6) is 0 Å². The van der Waals surface area contributed by atoms with Crippen molar-refractivity contribution < 1.29 is 9.78 Å². The van der Waals surface area contributed by atoms with Gasteiger partial charge in [-0.25, -0.2) is 4.89 Å². The first-order valence-corrected chi connectivity index (χ1v) is 5.38. The summed E-state index contributed by atoms with van der Waals surface area (Å²) in [6, 6.07) is 0. The predicted octanol–water partition coefficient (Wildman–Crippen LogP) is 2.92. The van der Waals surface area contributed by atoms with Gasteiger partial charge >= 0.3 is 0 Å². The van der Waals surface area contributed by atoms with Gasteiger partial charge < -0.3 is 0 Å². The lowest BCUT2D eigenvalue weighted by Gasteiger charge is -2.14. The van der Waals surface area contributed by atoms with Gasteiger partial charge in [-0.2, -0.15) is 4.89 Å². The molecule has 74 valence electrons. The summed E-state index contributed by atoms with van der Waals surface area (Å²) in [4.78, 5) is 9.52. The van der Waals surface area contributed by atoms with Crippen molar-refractivity contribution in [1.82, 2.24) is 0 Å². The molecule has 0 N–H and O–H groups in total. The minimum Gasteiger partial charge on any atom is -0.234 e. The Morgan fingerprint density at radius 3 is 2.25 bits per heavy atom. The average molecular weight is 228 g/mol. The van der Waals surface area contributed by atoms with Crippen LogP contribution in [0.25, 0.3) is 0 Å². The molecule has 0 radical (unpaired) electrons. The lowest BCUT2D eigenvalue weighted by Crippen LogP contribution is -2.10. The Kier molecular flexibility index (Phi) is 7.98. The molecule has 0 aromatic heterocycles. The summed E-state index contributed by atoms with van der Waals surface area (Å²) in [5, 5.41) is 0. The van der Waals surface area contributed by atoms with Gasteiger partial charge in [0.1, 0.15) is 0 Å². The molecule has 12 heavy (non-hydrogen) atoms. The fraction of sp³-hybridized carbons (Fsp3) is 1.00. The third kappa shape index (κ3) is 11.0. The summed E-state index contributed by atoms with van der Waals surface area (Å²) in [5.74, 6) is 0. The van der Waals surface area contributed by atoms with E-state index in [1.807, 2.05) is 0 Å². The zero-order chi connectivity index (χ0) is 9.45. The minimum atomic E-state index is -1.09. The summed E-state index contributed by atoms with van der Waals surface area (Å²) < 4.78 is -1.09. The number of hydrogen-bond acceptors (Lipinski definition) is 5. The van der Waals surface area contributed by atoms with Crippen LogP contribution >= 0.6 is 37.9 Å². The summed E-state index contributed by atoms with van der Waals surface area (Å²) >= 11 is 11.6. The second kappa shape index (κ2) is 7.38.